The molecule has 9 nitrogen and oxygen atoms in total. The van der Waals surface area contributed by atoms with Gasteiger partial charge in [-0.15, -0.1) is 0 Å². The highest BCUT2D eigenvalue weighted by Crippen LogP contribution is 2.19. The van der Waals surface area contributed by atoms with Gasteiger partial charge in [-0.2, -0.15) is 9.50 Å². The topological polar surface area (TPSA) is 118 Å². The summed E-state index contributed by atoms with van der Waals surface area (Å²) in [4.78, 5) is 21.2. The molecule has 26 heavy (non-hydrogen) atoms. The summed E-state index contributed by atoms with van der Waals surface area (Å²) in [7, 11) is -2.46. The predicted octanol–water partition coefficient (Wildman–Crippen LogP) is 1.49. The largest absolute Gasteiger partial charge is 0.497 e. The van der Waals surface area contributed by atoms with E-state index in [1.54, 1.807) is 6.92 Å². The number of sulfonamides is 1. The van der Waals surface area contributed by atoms with Crippen LogP contribution in [0, 0.1) is 6.92 Å². The van der Waals surface area contributed by atoms with Gasteiger partial charge in [-0.1, -0.05) is 6.92 Å². The second-order valence-corrected chi connectivity index (χ2v) is 7.40. The summed E-state index contributed by atoms with van der Waals surface area (Å²) >= 11 is 0. The van der Waals surface area contributed by atoms with E-state index in [1.165, 1.54) is 31.4 Å². The van der Waals surface area contributed by atoms with E-state index in [0.29, 0.717) is 18.0 Å². The van der Waals surface area contributed by atoms with Gasteiger partial charge >= 0.3 is 0 Å². The minimum absolute atomic E-state index is 0.0125. The summed E-state index contributed by atoms with van der Waals surface area (Å²) < 4.78 is 33.7. The first kappa shape index (κ1) is 17.9. The van der Waals surface area contributed by atoms with Crippen LogP contribution in [0.15, 0.2) is 34.0 Å². The van der Waals surface area contributed by atoms with Crippen molar-refractivity contribution < 1.29 is 13.2 Å². The molecule has 1 aromatic carbocycles. The zero-order valence-electron chi connectivity index (χ0n) is 14.6. The van der Waals surface area contributed by atoms with Crippen LogP contribution in [0.4, 0.5) is 5.69 Å². The minimum atomic E-state index is -3.95. The summed E-state index contributed by atoms with van der Waals surface area (Å²) in [5.74, 6) is 1.36. The van der Waals surface area contributed by atoms with Gasteiger partial charge < -0.3 is 4.74 Å². The summed E-state index contributed by atoms with van der Waals surface area (Å²) in [6, 6.07) is 5.86. The van der Waals surface area contributed by atoms with Gasteiger partial charge in [0.05, 0.1) is 17.7 Å². The summed E-state index contributed by atoms with van der Waals surface area (Å²) in [6.45, 7) is 3.55. The Morgan fingerprint density at radius 1 is 1.23 bits per heavy atom. The van der Waals surface area contributed by atoms with Gasteiger partial charge in [0.2, 0.25) is 0 Å². The van der Waals surface area contributed by atoms with E-state index in [0.717, 1.165) is 10.9 Å². The molecule has 138 valence electrons. The molecule has 2 heterocycles. The first-order chi connectivity index (χ1) is 12.4. The van der Waals surface area contributed by atoms with Gasteiger partial charge in [0.25, 0.3) is 21.4 Å². The SMILES string of the molecule is CCCc1nc2nc(C)c(NS(=O)(=O)c3ccc(OC)cc3)c(=O)n2[nH]1. The molecule has 0 bridgehead atoms. The lowest BCUT2D eigenvalue weighted by Crippen LogP contribution is -2.25. The molecule has 0 saturated carbocycles. The molecule has 0 unspecified atom stereocenters. The maximum absolute atomic E-state index is 12.7. The molecule has 0 aliphatic carbocycles. The van der Waals surface area contributed by atoms with Crippen LogP contribution >= 0.6 is 0 Å². The van der Waals surface area contributed by atoms with E-state index in [9.17, 15) is 13.2 Å². The molecule has 0 aliphatic heterocycles. The highest BCUT2D eigenvalue weighted by atomic mass is 32.2. The smallest absolute Gasteiger partial charge is 0.298 e. The van der Waals surface area contributed by atoms with E-state index in [-0.39, 0.29) is 22.1 Å². The Hall–Kier alpha value is -2.88. The number of ether oxygens (including phenoxy) is 1. The summed E-state index contributed by atoms with van der Waals surface area (Å²) in [5.41, 5.74) is -0.425. The predicted molar refractivity (Wildman–Crippen MR) is 96.1 cm³/mol. The van der Waals surface area contributed by atoms with Crippen molar-refractivity contribution in [1.82, 2.24) is 19.6 Å². The molecular formula is C16H19N5O4S. The lowest BCUT2D eigenvalue weighted by Gasteiger charge is -2.10. The second-order valence-electron chi connectivity index (χ2n) is 5.71. The van der Waals surface area contributed by atoms with Crippen LogP contribution in [0.2, 0.25) is 0 Å². The van der Waals surface area contributed by atoms with E-state index in [2.05, 4.69) is 19.8 Å². The second kappa shape index (κ2) is 6.79. The van der Waals surface area contributed by atoms with Gasteiger partial charge in [0.15, 0.2) is 0 Å². The number of methoxy groups -OCH3 is 1. The molecule has 0 atom stereocenters. The summed E-state index contributed by atoms with van der Waals surface area (Å²) in [6.07, 6.45) is 1.51. The number of aromatic amines is 1. The molecule has 0 amide bonds. The number of aromatic nitrogens is 4. The molecule has 2 N–H and O–H groups in total. The van der Waals surface area contributed by atoms with Gasteiger partial charge in [-0.25, -0.2) is 13.4 Å². The minimum Gasteiger partial charge on any atom is -0.497 e. The summed E-state index contributed by atoms with van der Waals surface area (Å²) in [5, 5.41) is 2.85. The average molecular weight is 377 g/mol. The maximum atomic E-state index is 12.7. The highest BCUT2D eigenvalue weighted by Gasteiger charge is 2.20. The fourth-order valence-corrected chi connectivity index (χ4v) is 3.59. The Labute approximate surface area is 150 Å². The maximum Gasteiger partial charge on any atom is 0.298 e. The van der Waals surface area contributed by atoms with Crippen molar-refractivity contribution in [3.8, 4) is 5.75 Å². The van der Waals surface area contributed by atoms with Crippen LogP contribution in [0.5, 0.6) is 5.75 Å². The van der Waals surface area contributed by atoms with Crippen molar-refractivity contribution in [1.29, 1.82) is 0 Å². The third-order valence-corrected chi connectivity index (χ3v) is 5.18. The average Bonchev–Trinajstić information content (AvgIpc) is 3.01. The molecular weight excluding hydrogens is 358 g/mol. The van der Waals surface area contributed by atoms with Crippen molar-refractivity contribution in [2.45, 2.75) is 31.6 Å². The number of H-pyrrole nitrogens is 1. The van der Waals surface area contributed by atoms with Crippen LogP contribution in [0.25, 0.3) is 5.78 Å². The zero-order chi connectivity index (χ0) is 18.9. The van der Waals surface area contributed by atoms with Crippen LogP contribution in [0.1, 0.15) is 24.9 Å². The molecule has 2 aromatic heterocycles. The van der Waals surface area contributed by atoms with Gasteiger partial charge in [-0.3, -0.25) is 14.6 Å². The Morgan fingerprint density at radius 3 is 2.54 bits per heavy atom. The molecule has 0 spiro atoms. The Morgan fingerprint density at radius 2 is 1.92 bits per heavy atom. The van der Waals surface area contributed by atoms with Gasteiger partial charge in [0, 0.05) is 6.42 Å². The number of hydrogen-bond acceptors (Lipinski definition) is 6. The number of nitrogens with zero attached hydrogens (tertiary/aromatic N) is 3. The van der Waals surface area contributed by atoms with E-state index >= 15 is 0 Å². The number of anilines is 1. The molecule has 0 aliphatic rings. The third kappa shape index (κ3) is 3.27. The zero-order valence-corrected chi connectivity index (χ0v) is 15.4. The number of hydrogen-bond donors (Lipinski definition) is 2. The third-order valence-electron chi connectivity index (χ3n) is 3.82. The van der Waals surface area contributed by atoms with Gasteiger partial charge in [0.1, 0.15) is 17.3 Å². The quantitative estimate of drug-likeness (QED) is 0.672. The number of benzene rings is 1. The van der Waals surface area contributed by atoms with Gasteiger partial charge in [-0.05, 0) is 37.6 Å². The van der Waals surface area contributed by atoms with Crippen LogP contribution < -0.4 is 15.0 Å². The monoisotopic (exact) mass is 377 g/mol. The molecule has 0 saturated heterocycles. The van der Waals surface area contributed by atoms with E-state index in [4.69, 9.17) is 4.74 Å². The Balaban J connectivity index is 2.02. The Bertz CT molecular complexity index is 1100. The standard InChI is InChI=1S/C16H19N5O4S/c1-4-5-13-18-16-17-10(2)14(15(22)21(16)19-13)20-26(23,24)12-8-6-11(25-3)7-9-12/h6-9,20H,4-5H2,1-3H3,(H,17,18,19). The van der Waals surface area contributed by atoms with Crippen LogP contribution in [-0.2, 0) is 16.4 Å². The van der Waals surface area contributed by atoms with Crippen LogP contribution in [-0.4, -0.2) is 35.1 Å². The number of aryl methyl sites for hydroxylation is 2. The van der Waals surface area contributed by atoms with Crippen molar-refractivity contribution in [2.24, 2.45) is 0 Å². The molecule has 10 heteroatoms. The molecule has 3 rings (SSSR count). The van der Waals surface area contributed by atoms with Crippen molar-refractivity contribution >= 4 is 21.5 Å². The normalized spacial score (nSPS) is 11.7. The Kier molecular flexibility index (Phi) is 4.68. The van der Waals surface area contributed by atoms with E-state index in [1.807, 2.05) is 6.92 Å². The highest BCUT2D eigenvalue weighted by molar-refractivity contribution is 7.92. The lowest BCUT2D eigenvalue weighted by molar-refractivity contribution is 0.414. The number of nitrogens with one attached hydrogen (secondary N) is 2. The fraction of sp³-hybridized carbons (Fsp3) is 0.312. The lowest BCUT2D eigenvalue weighted by atomic mass is 10.3. The first-order valence-corrected chi connectivity index (χ1v) is 9.49. The fourth-order valence-electron chi connectivity index (χ4n) is 2.48. The van der Waals surface area contributed by atoms with Crippen LogP contribution in [0.3, 0.4) is 0 Å². The number of rotatable bonds is 6. The van der Waals surface area contributed by atoms with Crippen molar-refractivity contribution in [2.75, 3.05) is 11.8 Å². The molecule has 0 fully saturated rings. The van der Waals surface area contributed by atoms with E-state index < -0.39 is 15.6 Å². The first-order valence-electron chi connectivity index (χ1n) is 8.01. The molecule has 3 aromatic rings. The molecule has 0 radical (unpaired) electrons. The number of fused-ring (bicyclic) bond motifs is 1. The van der Waals surface area contributed by atoms with Crippen molar-refractivity contribution in [3.63, 3.8) is 0 Å². The van der Waals surface area contributed by atoms with Crippen molar-refractivity contribution in [3.05, 3.63) is 46.1 Å².